The third-order valence-corrected chi connectivity index (χ3v) is 5.97. The van der Waals surface area contributed by atoms with Crippen molar-refractivity contribution in [2.45, 2.75) is 128 Å². The van der Waals surface area contributed by atoms with Crippen LogP contribution in [0.5, 0.6) is 0 Å². The lowest BCUT2D eigenvalue weighted by Crippen LogP contribution is -2.42. The molecule has 1 saturated heterocycles. The third-order valence-electron chi connectivity index (χ3n) is 5.97. The summed E-state index contributed by atoms with van der Waals surface area (Å²) < 4.78 is 11.0. The van der Waals surface area contributed by atoms with Gasteiger partial charge in [-0.05, 0) is 32.1 Å². The number of hydrogen-bond acceptors (Lipinski definition) is 5. The molecule has 5 heteroatoms. The fourth-order valence-corrected chi connectivity index (χ4v) is 3.97. The third kappa shape index (κ3) is 13.1. The lowest BCUT2D eigenvalue weighted by Gasteiger charge is -2.24. The molecule has 1 aliphatic rings. The molecule has 178 valence electrons. The standard InChI is InChI=1S/C25H48O5/c1-2-3-4-5-6-7-8-9-10-11-12-13-14-15-16-17-18-19-29-23(20-26)25-24(28)22(27)21-30-25/h10-11,22-28H,2-9,12-21H2,1H3/b11-10+/t22-,23+,24-,25-/m0/s1. The molecule has 0 unspecified atom stereocenters. The first-order valence-corrected chi connectivity index (χ1v) is 12.6. The van der Waals surface area contributed by atoms with Gasteiger partial charge in [0.1, 0.15) is 24.4 Å². The Morgan fingerprint density at radius 3 is 1.87 bits per heavy atom. The number of aliphatic hydroxyl groups excluding tert-OH is 3. The molecule has 0 saturated carbocycles. The molecule has 1 heterocycles. The molecule has 4 atom stereocenters. The van der Waals surface area contributed by atoms with Crippen LogP contribution in [0.25, 0.3) is 0 Å². The van der Waals surface area contributed by atoms with Crippen LogP contribution in [0.3, 0.4) is 0 Å². The normalized spacial score (nSPS) is 22.9. The quantitative estimate of drug-likeness (QED) is 0.190. The molecule has 3 N–H and O–H groups in total. The molecule has 0 amide bonds. The zero-order valence-electron chi connectivity index (χ0n) is 19.4. The van der Waals surface area contributed by atoms with Gasteiger partial charge in [0.15, 0.2) is 0 Å². The first-order valence-electron chi connectivity index (χ1n) is 12.6. The zero-order chi connectivity index (χ0) is 21.9. The Morgan fingerprint density at radius 2 is 1.37 bits per heavy atom. The van der Waals surface area contributed by atoms with Crippen LogP contribution >= 0.6 is 0 Å². The predicted molar refractivity (Wildman–Crippen MR) is 123 cm³/mol. The maximum absolute atomic E-state index is 9.84. The number of hydrogen-bond donors (Lipinski definition) is 3. The summed E-state index contributed by atoms with van der Waals surface area (Å²) >= 11 is 0. The molecule has 0 aromatic heterocycles. The van der Waals surface area contributed by atoms with Crippen LogP contribution in [0.1, 0.15) is 103 Å². The van der Waals surface area contributed by atoms with Crippen LogP contribution in [-0.4, -0.2) is 59.6 Å². The fraction of sp³-hybridized carbons (Fsp3) is 0.920. The highest BCUT2D eigenvalue weighted by Crippen LogP contribution is 2.20. The molecule has 0 bridgehead atoms. The highest BCUT2D eigenvalue weighted by Gasteiger charge is 2.40. The van der Waals surface area contributed by atoms with Crippen LogP contribution in [0.15, 0.2) is 12.2 Å². The summed E-state index contributed by atoms with van der Waals surface area (Å²) in [5.41, 5.74) is 0. The van der Waals surface area contributed by atoms with Crippen LogP contribution < -0.4 is 0 Å². The molecule has 30 heavy (non-hydrogen) atoms. The van der Waals surface area contributed by atoms with Crippen molar-refractivity contribution in [3.63, 3.8) is 0 Å². The summed E-state index contributed by atoms with van der Waals surface area (Å²) in [4.78, 5) is 0. The van der Waals surface area contributed by atoms with E-state index in [0.29, 0.717) is 6.61 Å². The Morgan fingerprint density at radius 1 is 0.833 bits per heavy atom. The largest absolute Gasteiger partial charge is 0.394 e. The lowest BCUT2D eigenvalue weighted by atomic mass is 10.1. The van der Waals surface area contributed by atoms with Gasteiger partial charge in [-0.25, -0.2) is 0 Å². The Labute approximate surface area is 184 Å². The number of ether oxygens (including phenoxy) is 2. The predicted octanol–water partition coefficient (Wildman–Crippen LogP) is 4.91. The Balaban J connectivity index is 1.84. The molecule has 0 spiro atoms. The van der Waals surface area contributed by atoms with Gasteiger partial charge < -0.3 is 24.8 Å². The Kier molecular flexibility index (Phi) is 17.7. The van der Waals surface area contributed by atoms with E-state index in [4.69, 9.17) is 9.47 Å². The van der Waals surface area contributed by atoms with E-state index in [1.807, 2.05) is 0 Å². The summed E-state index contributed by atoms with van der Waals surface area (Å²) in [6.07, 6.45) is 20.8. The molecule has 0 radical (unpaired) electrons. The maximum Gasteiger partial charge on any atom is 0.114 e. The van der Waals surface area contributed by atoms with Crippen LogP contribution in [0, 0.1) is 0 Å². The molecule has 1 rings (SSSR count). The monoisotopic (exact) mass is 428 g/mol. The van der Waals surface area contributed by atoms with Crippen molar-refractivity contribution in [2.75, 3.05) is 19.8 Å². The van der Waals surface area contributed by atoms with E-state index >= 15 is 0 Å². The van der Waals surface area contributed by atoms with Crippen molar-refractivity contribution >= 4 is 0 Å². The molecule has 0 aliphatic carbocycles. The zero-order valence-corrected chi connectivity index (χ0v) is 19.4. The Hall–Kier alpha value is -0.460. The van der Waals surface area contributed by atoms with Crippen molar-refractivity contribution in [3.8, 4) is 0 Å². The smallest absolute Gasteiger partial charge is 0.114 e. The van der Waals surface area contributed by atoms with Crippen molar-refractivity contribution < 1.29 is 24.8 Å². The lowest BCUT2D eigenvalue weighted by molar-refractivity contribution is -0.101. The SMILES string of the molecule is CCCCCCCCC/C=C/CCCCCCCCO[C@H](CO)[C@@H]1OC[C@H](O)[C@@H]1O. The maximum atomic E-state index is 9.84. The fourth-order valence-electron chi connectivity index (χ4n) is 3.97. The van der Waals surface area contributed by atoms with E-state index in [0.717, 1.165) is 12.8 Å². The highest BCUT2D eigenvalue weighted by molar-refractivity contribution is 4.88. The van der Waals surface area contributed by atoms with E-state index in [1.54, 1.807) is 0 Å². The van der Waals surface area contributed by atoms with Crippen molar-refractivity contribution in [3.05, 3.63) is 12.2 Å². The van der Waals surface area contributed by atoms with E-state index in [9.17, 15) is 15.3 Å². The first-order chi connectivity index (χ1) is 14.7. The summed E-state index contributed by atoms with van der Waals surface area (Å²) in [7, 11) is 0. The molecular formula is C25H48O5. The van der Waals surface area contributed by atoms with Gasteiger partial charge in [-0.1, -0.05) is 83.3 Å². The van der Waals surface area contributed by atoms with Crippen molar-refractivity contribution in [2.24, 2.45) is 0 Å². The van der Waals surface area contributed by atoms with Crippen molar-refractivity contribution in [1.29, 1.82) is 0 Å². The minimum Gasteiger partial charge on any atom is -0.394 e. The van der Waals surface area contributed by atoms with Gasteiger partial charge in [0.2, 0.25) is 0 Å². The van der Waals surface area contributed by atoms with Gasteiger partial charge in [-0.3, -0.25) is 0 Å². The number of unbranched alkanes of at least 4 members (excludes halogenated alkanes) is 13. The second kappa shape index (κ2) is 19.2. The minimum atomic E-state index is -0.980. The molecule has 0 aromatic carbocycles. The molecule has 1 fully saturated rings. The second-order valence-electron chi connectivity index (χ2n) is 8.74. The average molecular weight is 429 g/mol. The van der Waals surface area contributed by atoms with Crippen molar-refractivity contribution in [1.82, 2.24) is 0 Å². The van der Waals surface area contributed by atoms with Gasteiger partial charge >= 0.3 is 0 Å². The van der Waals surface area contributed by atoms with E-state index in [2.05, 4.69) is 19.1 Å². The second-order valence-corrected chi connectivity index (χ2v) is 8.74. The number of allylic oxidation sites excluding steroid dienone is 2. The average Bonchev–Trinajstić information content (AvgIpc) is 3.08. The molecular weight excluding hydrogens is 380 g/mol. The van der Waals surface area contributed by atoms with E-state index < -0.39 is 24.4 Å². The number of rotatable bonds is 20. The summed E-state index contributed by atoms with van der Waals surface area (Å²) in [5, 5.41) is 28.8. The van der Waals surface area contributed by atoms with Gasteiger partial charge in [0, 0.05) is 6.61 Å². The number of aliphatic hydroxyl groups is 3. The summed E-state index contributed by atoms with van der Waals surface area (Å²) in [5.74, 6) is 0. The first kappa shape index (κ1) is 27.6. The van der Waals surface area contributed by atoms with Gasteiger partial charge in [-0.2, -0.15) is 0 Å². The molecule has 0 aromatic rings. The summed E-state index contributed by atoms with van der Waals surface area (Å²) in [6, 6.07) is 0. The van der Waals surface area contributed by atoms with Crippen LogP contribution in [0.4, 0.5) is 0 Å². The van der Waals surface area contributed by atoms with Gasteiger partial charge in [0.05, 0.1) is 13.2 Å². The van der Waals surface area contributed by atoms with E-state index in [-0.39, 0.29) is 13.2 Å². The minimum absolute atomic E-state index is 0.0972. The topological polar surface area (TPSA) is 79.2 Å². The molecule has 5 nitrogen and oxygen atoms in total. The molecule has 1 aliphatic heterocycles. The van der Waals surface area contributed by atoms with Crippen LogP contribution in [-0.2, 0) is 9.47 Å². The Bertz CT molecular complexity index is 401. The van der Waals surface area contributed by atoms with Gasteiger partial charge in [0.25, 0.3) is 0 Å². The summed E-state index contributed by atoms with van der Waals surface area (Å²) in [6.45, 7) is 2.71. The van der Waals surface area contributed by atoms with Crippen LogP contribution in [0.2, 0.25) is 0 Å². The highest BCUT2D eigenvalue weighted by atomic mass is 16.6. The van der Waals surface area contributed by atoms with E-state index in [1.165, 1.54) is 83.5 Å². The van der Waals surface area contributed by atoms with Gasteiger partial charge in [-0.15, -0.1) is 0 Å².